The zero-order valence-electron chi connectivity index (χ0n) is 15.2. The molecule has 5 nitrogen and oxygen atoms in total. The van der Waals surface area contributed by atoms with Gasteiger partial charge in [-0.2, -0.15) is 0 Å². The van der Waals surface area contributed by atoms with Gasteiger partial charge in [-0.05, 0) is 56.0 Å². The lowest BCUT2D eigenvalue weighted by atomic mass is 9.93. The number of nitrogens with zero attached hydrogens (tertiary/aromatic N) is 1. The number of amides is 1. The smallest absolute Gasteiger partial charge is 0.240 e. The van der Waals surface area contributed by atoms with Crippen molar-refractivity contribution in [3.05, 3.63) is 53.6 Å². The molecule has 5 heteroatoms. The maximum absolute atomic E-state index is 12.8. The second-order valence-corrected chi connectivity index (χ2v) is 7.32. The van der Waals surface area contributed by atoms with Crippen LogP contribution in [0.2, 0.25) is 0 Å². The molecule has 0 spiro atoms. The van der Waals surface area contributed by atoms with E-state index in [-0.39, 0.29) is 24.8 Å². The third-order valence-electron chi connectivity index (χ3n) is 5.19. The largest absolute Gasteiger partial charge is 0.454 e. The lowest BCUT2D eigenvalue weighted by Gasteiger charge is -2.32. The number of ether oxygens (including phenoxy) is 2. The molecule has 2 aromatic rings. The van der Waals surface area contributed by atoms with Gasteiger partial charge in [0.1, 0.15) is 0 Å². The number of hydrogen-bond acceptors (Lipinski definition) is 4. The van der Waals surface area contributed by atoms with Crippen LogP contribution in [0.25, 0.3) is 0 Å². The van der Waals surface area contributed by atoms with Gasteiger partial charge in [-0.1, -0.05) is 24.3 Å². The van der Waals surface area contributed by atoms with Gasteiger partial charge in [-0.15, -0.1) is 0 Å². The van der Waals surface area contributed by atoms with Gasteiger partial charge in [0.2, 0.25) is 12.7 Å². The minimum atomic E-state index is -0.355. The first kappa shape index (κ1) is 16.9. The minimum Gasteiger partial charge on any atom is -0.454 e. The molecule has 0 saturated heterocycles. The molecule has 26 heavy (non-hydrogen) atoms. The molecule has 1 amide bonds. The average Bonchev–Trinajstić information content (AvgIpc) is 3.13. The molecular weight excluding hydrogens is 328 g/mol. The first-order valence-electron chi connectivity index (χ1n) is 9.08. The van der Waals surface area contributed by atoms with Crippen LogP contribution in [0, 0.1) is 0 Å². The van der Waals surface area contributed by atoms with Crippen molar-refractivity contribution in [2.24, 2.45) is 0 Å². The SMILES string of the molecule is CC(C)(NCC(=O)N1CCCc2ccccc21)c1ccc2c(c1)OCO2. The molecule has 0 aromatic heterocycles. The summed E-state index contributed by atoms with van der Waals surface area (Å²) < 4.78 is 10.8. The molecule has 0 radical (unpaired) electrons. The van der Waals surface area contributed by atoms with Crippen LogP contribution in [0.15, 0.2) is 42.5 Å². The molecule has 0 saturated carbocycles. The highest BCUT2D eigenvalue weighted by atomic mass is 16.7. The Kier molecular flexibility index (Phi) is 4.32. The van der Waals surface area contributed by atoms with Gasteiger partial charge in [-0.3, -0.25) is 10.1 Å². The van der Waals surface area contributed by atoms with Crippen LogP contribution in [-0.4, -0.2) is 25.8 Å². The predicted molar refractivity (Wildman–Crippen MR) is 101 cm³/mol. The van der Waals surface area contributed by atoms with E-state index in [1.54, 1.807) is 0 Å². The van der Waals surface area contributed by atoms with Gasteiger partial charge in [0.05, 0.1) is 6.54 Å². The van der Waals surface area contributed by atoms with Gasteiger partial charge < -0.3 is 14.4 Å². The Labute approximate surface area is 153 Å². The van der Waals surface area contributed by atoms with Crippen molar-refractivity contribution < 1.29 is 14.3 Å². The van der Waals surface area contributed by atoms with Crippen LogP contribution in [0.3, 0.4) is 0 Å². The summed E-state index contributed by atoms with van der Waals surface area (Å²) >= 11 is 0. The number of nitrogens with one attached hydrogen (secondary N) is 1. The van der Waals surface area contributed by atoms with Gasteiger partial charge in [0.25, 0.3) is 0 Å². The molecule has 2 aromatic carbocycles. The Morgan fingerprint density at radius 3 is 2.85 bits per heavy atom. The van der Waals surface area contributed by atoms with E-state index in [2.05, 4.69) is 25.2 Å². The second-order valence-electron chi connectivity index (χ2n) is 7.32. The molecule has 2 aliphatic rings. The first-order chi connectivity index (χ1) is 12.5. The highest BCUT2D eigenvalue weighted by Crippen LogP contribution is 2.35. The fourth-order valence-corrected chi connectivity index (χ4v) is 3.57. The zero-order chi connectivity index (χ0) is 18.1. The number of benzene rings is 2. The van der Waals surface area contributed by atoms with Crippen molar-refractivity contribution in [3.63, 3.8) is 0 Å². The highest BCUT2D eigenvalue weighted by molar-refractivity contribution is 5.96. The van der Waals surface area contributed by atoms with Crippen LogP contribution >= 0.6 is 0 Å². The van der Waals surface area contributed by atoms with E-state index in [0.717, 1.165) is 42.1 Å². The van der Waals surface area contributed by atoms with Crippen molar-refractivity contribution >= 4 is 11.6 Å². The minimum absolute atomic E-state index is 0.103. The molecule has 0 atom stereocenters. The second kappa shape index (κ2) is 6.65. The van der Waals surface area contributed by atoms with Crippen molar-refractivity contribution in [2.75, 3.05) is 24.8 Å². The number of carbonyl (C=O) groups excluding carboxylic acids is 1. The van der Waals surface area contributed by atoms with Gasteiger partial charge in [0, 0.05) is 17.8 Å². The van der Waals surface area contributed by atoms with Crippen LogP contribution in [-0.2, 0) is 16.8 Å². The fourth-order valence-electron chi connectivity index (χ4n) is 3.57. The topological polar surface area (TPSA) is 50.8 Å². The molecule has 0 unspecified atom stereocenters. The van der Waals surface area contributed by atoms with E-state index in [1.807, 2.05) is 41.3 Å². The van der Waals surface area contributed by atoms with Crippen molar-refractivity contribution in [1.82, 2.24) is 5.32 Å². The molecule has 4 rings (SSSR count). The van der Waals surface area contributed by atoms with Crippen molar-refractivity contribution in [1.29, 1.82) is 0 Å². The Bertz CT molecular complexity index is 832. The third kappa shape index (κ3) is 3.15. The van der Waals surface area contributed by atoms with Crippen LogP contribution < -0.4 is 19.7 Å². The summed E-state index contributed by atoms with van der Waals surface area (Å²) in [4.78, 5) is 14.7. The summed E-state index contributed by atoms with van der Waals surface area (Å²) in [5.41, 5.74) is 3.01. The van der Waals surface area contributed by atoms with Crippen LogP contribution in [0.4, 0.5) is 5.69 Å². The number of rotatable bonds is 4. The number of hydrogen-bond donors (Lipinski definition) is 1. The van der Waals surface area contributed by atoms with E-state index in [1.165, 1.54) is 5.56 Å². The fraction of sp³-hybridized carbons (Fsp3) is 0.381. The Hall–Kier alpha value is -2.53. The normalized spacial score (nSPS) is 15.7. The van der Waals surface area contributed by atoms with E-state index < -0.39 is 0 Å². The number of fused-ring (bicyclic) bond motifs is 2. The molecule has 1 N–H and O–H groups in total. The van der Waals surface area contributed by atoms with Crippen molar-refractivity contribution in [2.45, 2.75) is 32.2 Å². The van der Waals surface area contributed by atoms with Crippen molar-refractivity contribution in [3.8, 4) is 11.5 Å². The summed E-state index contributed by atoms with van der Waals surface area (Å²) in [6.45, 7) is 5.47. The molecule has 2 aliphatic heterocycles. The Morgan fingerprint density at radius 2 is 1.96 bits per heavy atom. The lowest BCUT2D eigenvalue weighted by Crippen LogP contribution is -2.46. The van der Waals surface area contributed by atoms with Gasteiger partial charge in [0.15, 0.2) is 11.5 Å². The maximum atomic E-state index is 12.8. The molecule has 0 aliphatic carbocycles. The molecule has 0 fully saturated rings. The van der Waals surface area contributed by atoms with Crippen LogP contribution in [0.5, 0.6) is 11.5 Å². The zero-order valence-corrected chi connectivity index (χ0v) is 15.2. The molecule has 0 bridgehead atoms. The standard InChI is InChI=1S/C21H24N2O3/c1-21(2,16-9-10-18-19(12-16)26-14-25-18)22-13-20(24)23-11-5-7-15-6-3-4-8-17(15)23/h3-4,6,8-10,12,22H,5,7,11,13-14H2,1-2H3. The summed E-state index contributed by atoms with van der Waals surface area (Å²) in [7, 11) is 0. The molecule has 136 valence electrons. The quantitative estimate of drug-likeness (QED) is 0.918. The lowest BCUT2D eigenvalue weighted by molar-refractivity contribution is -0.118. The Balaban J connectivity index is 1.46. The number of para-hydroxylation sites is 1. The number of anilines is 1. The predicted octanol–water partition coefficient (Wildman–Crippen LogP) is 3.22. The molecule has 2 heterocycles. The van der Waals surface area contributed by atoms with Gasteiger partial charge >= 0.3 is 0 Å². The summed E-state index contributed by atoms with van der Waals surface area (Å²) in [5.74, 6) is 1.63. The Morgan fingerprint density at radius 1 is 1.15 bits per heavy atom. The summed E-state index contributed by atoms with van der Waals surface area (Å²) in [6, 6.07) is 14.1. The number of aryl methyl sites for hydroxylation is 1. The van der Waals surface area contributed by atoms with E-state index in [0.29, 0.717) is 0 Å². The van der Waals surface area contributed by atoms with E-state index in [4.69, 9.17) is 9.47 Å². The third-order valence-corrected chi connectivity index (χ3v) is 5.19. The first-order valence-corrected chi connectivity index (χ1v) is 9.08. The summed E-state index contributed by atoms with van der Waals surface area (Å²) in [6.07, 6.45) is 2.05. The molecular formula is C21H24N2O3. The maximum Gasteiger partial charge on any atom is 0.240 e. The number of carbonyl (C=O) groups is 1. The van der Waals surface area contributed by atoms with E-state index >= 15 is 0 Å². The average molecular weight is 352 g/mol. The monoisotopic (exact) mass is 352 g/mol. The van der Waals surface area contributed by atoms with E-state index in [9.17, 15) is 4.79 Å². The van der Waals surface area contributed by atoms with Crippen LogP contribution in [0.1, 0.15) is 31.4 Å². The highest BCUT2D eigenvalue weighted by Gasteiger charge is 2.27. The van der Waals surface area contributed by atoms with Gasteiger partial charge in [-0.25, -0.2) is 0 Å². The summed E-state index contributed by atoms with van der Waals surface area (Å²) in [5, 5.41) is 3.41.